The number of nitrogens with one attached hydrogen (secondary N) is 1. The molecule has 2 aromatic carbocycles. The molecule has 2 heterocycles. The van der Waals surface area contributed by atoms with E-state index in [2.05, 4.69) is 15.5 Å². The summed E-state index contributed by atoms with van der Waals surface area (Å²) in [6, 6.07) is 18.3. The minimum absolute atomic E-state index is 0.0664. The van der Waals surface area contributed by atoms with Crippen molar-refractivity contribution in [3.05, 3.63) is 78.0 Å². The largest absolute Gasteiger partial charge is 0.470 e. The number of ether oxygens (including phenoxy) is 2. The first kappa shape index (κ1) is 17.5. The van der Waals surface area contributed by atoms with Gasteiger partial charge < -0.3 is 19.2 Å². The standard InChI is InChI=1S/C20H15N3O5/c24-15-11-26-19(21-14-9-5-2-6-10-14)17(15)20(25)27-12-16-22-23-18(28-16)13-7-3-1-4-8-13/h1-10,21H,11-12H2. The Morgan fingerprint density at radius 3 is 2.50 bits per heavy atom. The van der Waals surface area contributed by atoms with Crippen LogP contribution in [0.2, 0.25) is 0 Å². The molecule has 0 spiro atoms. The molecule has 3 aromatic rings. The Hall–Kier alpha value is -3.94. The number of carbonyl (C=O) groups is 2. The molecule has 0 fully saturated rings. The average Bonchev–Trinajstić information content (AvgIpc) is 3.35. The van der Waals surface area contributed by atoms with Crippen LogP contribution in [0.4, 0.5) is 5.69 Å². The molecule has 0 unspecified atom stereocenters. The topological polar surface area (TPSA) is 104 Å². The first-order valence-corrected chi connectivity index (χ1v) is 8.48. The van der Waals surface area contributed by atoms with Crippen molar-refractivity contribution in [2.24, 2.45) is 0 Å². The zero-order valence-electron chi connectivity index (χ0n) is 14.6. The first-order chi connectivity index (χ1) is 13.7. The Balaban J connectivity index is 1.44. The number of rotatable bonds is 6. The van der Waals surface area contributed by atoms with Crippen LogP contribution in [0.5, 0.6) is 0 Å². The predicted molar refractivity (Wildman–Crippen MR) is 97.6 cm³/mol. The molecule has 0 saturated carbocycles. The molecule has 140 valence electrons. The number of hydrogen-bond acceptors (Lipinski definition) is 8. The Morgan fingerprint density at radius 2 is 1.75 bits per heavy atom. The molecule has 0 atom stereocenters. The Kier molecular flexibility index (Phi) is 4.83. The fraction of sp³-hybridized carbons (Fsp3) is 0.100. The number of Topliss-reactive ketones (excluding diaryl/α,β-unsaturated/α-hetero) is 1. The monoisotopic (exact) mass is 377 g/mol. The third kappa shape index (κ3) is 3.75. The van der Waals surface area contributed by atoms with Gasteiger partial charge in [0.1, 0.15) is 0 Å². The fourth-order valence-electron chi connectivity index (χ4n) is 2.58. The SMILES string of the molecule is O=C1COC(Nc2ccccc2)=C1C(=O)OCc1nnc(-c2ccccc2)o1. The predicted octanol–water partition coefficient (Wildman–Crippen LogP) is 2.70. The number of esters is 1. The van der Waals surface area contributed by atoms with Gasteiger partial charge in [-0.1, -0.05) is 36.4 Å². The zero-order valence-corrected chi connectivity index (χ0v) is 14.6. The van der Waals surface area contributed by atoms with E-state index in [9.17, 15) is 9.59 Å². The van der Waals surface area contributed by atoms with Crippen LogP contribution in [0.25, 0.3) is 11.5 Å². The molecular formula is C20H15N3O5. The number of anilines is 1. The van der Waals surface area contributed by atoms with Crippen LogP contribution in [-0.2, 0) is 25.7 Å². The number of benzene rings is 2. The van der Waals surface area contributed by atoms with Gasteiger partial charge in [-0.25, -0.2) is 4.79 Å². The maximum absolute atomic E-state index is 12.4. The van der Waals surface area contributed by atoms with Gasteiger partial charge in [0.2, 0.25) is 17.6 Å². The second-order valence-electron chi connectivity index (χ2n) is 5.85. The maximum Gasteiger partial charge on any atom is 0.347 e. The quantitative estimate of drug-likeness (QED) is 0.517. The summed E-state index contributed by atoms with van der Waals surface area (Å²) in [5.74, 6) is -0.773. The van der Waals surface area contributed by atoms with Gasteiger partial charge in [0.25, 0.3) is 5.89 Å². The summed E-state index contributed by atoms with van der Waals surface area (Å²) in [6.45, 7) is -0.480. The highest BCUT2D eigenvalue weighted by Crippen LogP contribution is 2.21. The molecular weight excluding hydrogens is 362 g/mol. The van der Waals surface area contributed by atoms with Gasteiger partial charge in [0.05, 0.1) is 0 Å². The number of aromatic nitrogens is 2. The lowest BCUT2D eigenvalue weighted by Gasteiger charge is -2.08. The van der Waals surface area contributed by atoms with E-state index in [0.717, 1.165) is 5.56 Å². The number of ketones is 1. The van der Waals surface area contributed by atoms with Crippen LogP contribution in [0.15, 0.2) is 76.5 Å². The second-order valence-corrected chi connectivity index (χ2v) is 5.85. The molecule has 8 heteroatoms. The molecule has 1 aliphatic heterocycles. The molecule has 8 nitrogen and oxygen atoms in total. The van der Waals surface area contributed by atoms with Gasteiger partial charge in [0, 0.05) is 11.3 Å². The summed E-state index contributed by atoms with van der Waals surface area (Å²) in [6.07, 6.45) is 0. The molecule has 4 rings (SSSR count). The van der Waals surface area contributed by atoms with Crippen molar-refractivity contribution in [3.63, 3.8) is 0 Å². The van der Waals surface area contributed by atoms with Crippen molar-refractivity contribution < 1.29 is 23.5 Å². The summed E-state index contributed by atoms with van der Waals surface area (Å²) in [4.78, 5) is 24.4. The number of carbonyl (C=O) groups excluding carboxylic acids is 2. The van der Waals surface area contributed by atoms with Gasteiger partial charge in [-0.2, -0.15) is 0 Å². The molecule has 0 amide bonds. The normalized spacial score (nSPS) is 13.4. The zero-order chi connectivity index (χ0) is 19.3. The van der Waals surface area contributed by atoms with Crippen molar-refractivity contribution in [3.8, 4) is 11.5 Å². The highest BCUT2D eigenvalue weighted by atomic mass is 16.5. The Labute approximate surface area is 159 Å². The molecule has 0 bridgehead atoms. The highest BCUT2D eigenvalue weighted by molar-refractivity contribution is 6.19. The second kappa shape index (κ2) is 7.75. The van der Waals surface area contributed by atoms with Crippen molar-refractivity contribution in [2.45, 2.75) is 6.61 Å². The van der Waals surface area contributed by atoms with Gasteiger partial charge >= 0.3 is 5.97 Å². The Bertz CT molecular complexity index is 1030. The van der Waals surface area contributed by atoms with Crippen molar-refractivity contribution >= 4 is 17.4 Å². The third-order valence-electron chi connectivity index (χ3n) is 3.90. The molecule has 1 aromatic heterocycles. The summed E-state index contributed by atoms with van der Waals surface area (Å²) < 4.78 is 15.9. The summed E-state index contributed by atoms with van der Waals surface area (Å²) >= 11 is 0. The minimum Gasteiger partial charge on any atom is -0.470 e. The van der Waals surface area contributed by atoms with E-state index in [1.807, 2.05) is 48.5 Å². The van der Waals surface area contributed by atoms with Crippen molar-refractivity contribution in [2.75, 3.05) is 11.9 Å². The lowest BCUT2D eigenvalue weighted by molar-refractivity contribution is -0.142. The fourth-order valence-corrected chi connectivity index (χ4v) is 2.58. The van der Waals surface area contributed by atoms with E-state index in [1.165, 1.54) is 0 Å². The minimum atomic E-state index is -0.819. The van der Waals surface area contributed by atoms with Crippen molar-refractivity contribution in [1.82, 2.24) is 10.2 Å². The van der Waals surface area contributed by atoms with Crippen LogP contribution >= 0.6 is 0 Å². The highest BCUT2D eigenvalue weighted by Gasteiger charge is 2.32. The van der Waals surface area contributed by atoms with E-state index < -0.39 is 11.8 Å². The van der Waals surface area contributed by atoms with Gasteiger partial charge in [-0.05, 0) is 24.3 Å². The van der Waals surface area contributed by atoms with Crippen LogP contribution in [0.1, 0.15) is 5.89 Å². The molecule has 0 aliphatic carbocycles. The molecule has 0 radical (unpaired) electrons. The summed E-state index contributed by atoms with van der Waals surface area (Å²) in [7, 11) is 0. The van der Waals surface area contributed by atoms with E-state index in [4.69, 9.17) is 13.9 Å². The number of nitrogens with zero attached hydrogens (tertiary/aromatic N) is 2. The number of para-hydroxylation sites is 1. The van der Waals surface area contributed by atoms with E-state index in [1.54, 1.807) is 12.1 Å². The van der Waals surface area contributed by atoms with Gasteiger partial charge in [-0.15, -0.1) is 10.2 Å². The maximum atomic E-state index is 12.4. The van der Waals surface area contributed by atoms with Crippen molar-refractivity contribution in [1.29, 1.82) is 0 Å². The van der Waals surface area contributed by atoms with Gasteiger partial charge in [-0.3, -0.25) is 4.79 Å². The molecule has 1 N–H and O–H groups in total. The lowest BCUT2D eigenvalue weighted by atomic mass is 10.2. The smallest absolute Gasteiger partial charge is 0.347 e. The summed E-state index contributed by atoms with van der Waals surface area (Å²) in [5, 5.41) is 10.7. The van der Waals surface area contributed by atoms with Crippen LogP contribution in [0, 0.1) is 0 Å². The van der Waals surface area contributed by atoms with E-state index in [0.29, 0.717) is 11.6 Å². The van der Waals surface area contributed by atoms with Crippen LogP contribution in [0.3, 0.4) is 0 Å². The van der Waals surface area contributed by atoms with E-state index >= 15 is 0 Å². The Morgan fingerprint density at radius 1 is 1.04 bits per heavy atom. The van der Waals surface area contributed by atoms with Crippen LogP contribution < -0.4 is 5.32 Å². The summed E-state index contributed by atoms with van der Waals surface area (Å²) in [5.41, 5.74) is 1.26. The van der Waals surface area contributed by atoms with Crippen LogP contribution in [-0.4, -0.2) is 28.6 Å². The molecule has 28 heavy (non-hydrogen) atoms. The van der Waals surface area contributed by atoms with E-state index in [-0.39, 0.29) is 30.6 Å². The first-order valence-electron chi connectivity index (χ1n) is 8.48. The third-order valence-corrected chi connectivity index (χ3v) is 3.90. The molecule has 0 saturated heterocycles. The van der Waals surface area contributed by atoms with Gasteiger partial charge in [0.15, 0.2) is 18.8 Å². The lowest BCUT2D eigenvalue weighted by Crippen LogP contribution is -2.16. The average molecular weight is 377 g/mol. The molecule has 1 aliphatic rings. The number of hydrogen-bond donors (Lipinski definition) is 1.